The first-order valence-electron chi connectivity index (χ1n) is 9.21. The quantitative estimate of drug-likeness (QED) is 0.345. The molecular weight excluding hydrogens is 390 g/mol. The van der Waals surface area contributed by atoms with E-state index >= 15 is 0 Å². The molecule has 156 valence electrons. The monoisotopic (exact) mass is 411 g/mol. The summed E-state index contributed by atoms with van der Waals surface area (Å²) < 4.78 is 14.9. The maximum Gasteiger partial charge on any atom is 0.513 e. The molecule has 10 nitrogen and oxygen atoms in total. The van der Waals surface area contributed by atoms with Crippen LogP contribution in [0.5, 0.6) is 5.75 Å². The van der Waals surface area contributed by atoms with Crippen molar-refractivity contribution in [1.82, 2.24) is 20.3 Å². The van der Waals surface area contributed by atoms with Crippen LogP contribution in [-0.2, 0) is 9.47 Å². The minimum absolute atomic E-state index is 0.101. The molecule has 0 saturated carbocycles. The number of pyridine rings is 1. The Morgan fingerprint density at radius 2 is 1.97 bits per heavy atom. The number of nitrogens with zero attached hydrogens (tertiary/aromatic N) is 3. The van der Waals surface area contributed by atoms with Crippen molar-refractivity contribution < 1.29 is 23.8 Å². The zero-order valence-corrected chi connectivity index (χ0v) is 16.5. The number of carbonyl (C=O) groups is 2. The highest BCUT2D eigenvalue weighted by molar-refractivity contribution is 5.89. The van der Waals surface area contributed by atoms with Crippen LogP contribution in [0.15, 0.2) is 42.6 Å². The average Bonchev–Trinajstić information content (AvgIpc) is 2.74. The van der Waals surface area contributed by atoms with Crippen LogP contribution in [-0.4, -0.2) is 54.0 Å². The lowest BCUT2D eigenvalue weighted by molar-refractivity contribution is 0.0686. The van der Waals surface area contributed by atoms with Gasteiger partial charge < -0.3 is 19.5 Å². The smallest absolute Gasteiger partial charge is 0.432 e. The van der Waals surface area contributed by atoms with Crippen molar-refractivity contribution in [2.24, 2.45) is 0 Å². The highest BCUT2D eigenvalue weighted by Gasteiger charge is 2.10. The van der Waals surface area contributed by atoms with Gasteiger partial charge in [-0.05, 0) is 31.2 Å². The molecule has 3 rings (SSSR count). The van der Waals surface area contributed by atoms with E-state index in [1.54, 1.807) is 42.6 Å². The Balaban J connectivity index is 1.78. The summed E-state index contributed by atoms with van der Waals surface area (Å²) in [6.45, 7) is 2.71. The molecule has 0 unspecified atom stereocenters. The number of benzene rings is 1. The Labute approximate surface area is 172 Å². The summed E-state index contributed by atoms with van der Waals surface area (Å²) >= 11 is 0. The van der Waals surface area contributed by atoms with Crippen LogP contribution in [0.2, 0.25) is 0 Å². The molecule has 1 aromatic carbocycles. The second kappa shape index (κ2) is 10.1. The molecule has 0 radical (unpaired) electrons. The van der Waals surface area contributed by atoms with Crippen LogP contribution >= 0.6 is 0 Å². The molecule has 0 bridgehead atoms. The molecule has 2 aromatic heterocycles. The van der Waals surface area contributed by atoms with Crippen molar-refractivity contribution >= 4 is 29.2 Å². The minimum atomic E-state index is -0.823. The number of anilines is 1. The van der Waals surface area contributed by atoms with Gasteiger partial charge in [-0.25, -0.2) is 19.6 Å². The van der Waals surface area contributed by atoms with E-state index in [1.807, 2.05) is 6.92 Å². The van der Waals surface area contributed by atoms with Crippen molar-refractivity contribution in [3.63, 3.8) is 0 Å². The fourth-order valence-electron chi connectivity index (χ4n) is 2.48. The van der Waals surface area contributed by atoms with Gasteiger partial charge in [0.15, 0.2) is 5.65 Å². The summed E-state index contributed by atoms with van der Waals surface area (Å²) in [6, 6.07) is 9.81. The molecule has 0 aliphatic rings. The Bertz CT molecular complexity index is 1040. The van der Waals surface area contributed by atoms with Gasteiger partial charge in [0.2, 0.25) is 0 Å². The number of carbonyl (C=O) groups excluding carboxylic acids is 2. The Hall–Kier alpha value is -3.79. The van der Waals surface area contributed by atoms with Crippen LogP contribution < -0.4 is 15.4 Å². The van der Waals surface area contributed by atoms with Gasteiger partial charge in [-0.3, -0.25) is 10.3 Å². The molecule has 0 saturated heterocycles. The lowest BCUT2D eigenvalue weighted by atomic mass is 10.1. The molecule has 2 amide bonds. The van der Waals surface area contributed by atoms with Crippen LogP contribution in [0.4, 0.5) is 15.4 Å². The van der Waals surface area contributed by atoms with Crippen LogP contribution in [0.25, 0.3) is 22.4 Å². The third-order valence-electron chi connectivity index (χ3n) is 3.82. The highest BCUT2D eigenvalue weighted by Crippen LogP contribution is 2.24. The third-order valence-corrected chi connectivity index (χ3v) is 3.82. The largest absolute Gasteiger partial charge is 0.513 e. The van der Waals surface area contributed by atoms with Crippen molar-refractivity contribution in [1.29, 1.82) is 0 Å². The average molecular weight is 411 g/mol. The van der Waals surface area contributed by atoms with Gasteiger partial charge in [-0.2, -0.15) is 0 Å². The Morgan fingerprint density at radius 1 is 1.10 bits per heavy atom. The predicted octanol–water partition coefficient (Wildman–Crippen LogP) is 3.00. The summed E-state index contributed by atoms with van der Waals surface area (Å²) in [4.78, 5) is 36.6. The van der Waals surface area contributed by atoms with E-state index in [1.165, 1.54) is 7.11 Å². The molecular formula is C20H21N5O5. The van der Waals surface area contributed by atoms with Gasteiger partial charge in [0.25, 0.3) is 0 Å². The maximum atomic E-state index is 11.7. The summed E-state index contributed by atoms with van der Waals surface area (Å²) in [5.41, 5.74) is 2.15. The van der Waals surface area contributed by atoms with Crippen LogP contribution in [0, 0.1) is 0 Å². The normalized spacial score (nSPS) is 10.5. The molecule has 2 N–H and O–H groups in total. The van der Waals surface area contributed by atoms with Gasteiger partial charge in [-0.15, -0.1) is 0 Å². The second-order valence-electron chi connectivity index (χ2n) is 6.00. The summed E-state index contributed by atoms with van der Waals surface area (Å²) in [5, 5.41) is 5.27. The van der Waals surface area contributed by atoms with Crippen molar-refractivity contribution in [2.45, 2.75) is 6.92 Å². The molecule has 0 aliphatic carbocycles. The first-order chi connectivity index (χ1) is 14.6. The topological polar surface area (TPSA) is 125 Å². The number of amides is 2. The van der Waals surface area contributed by atoms with Gasteiger partial charge in [0.1, 0.15) is 23.7 Å². The predicted molar refractivity (Wildman–Crippen MR) is 109 cm³/mol. The van der Waals surface area contributed by atoms with E-state index in [2.05, 4.69) is 25.6 Å². The molecule has 10 heteroatoms. The number of ether oxygens (including phenoxy) is 3. The van der Waals surface area contributed by atoms with Gasteiger partial charge in [-0.1, -0.05) is 12.1 Å². The summed E-state index contributed by atoms with van der Waals surface area (Å²) in [7, 11) is 1.51. The first-order valence-corrected chi connectivity index (χ1v) is 9.21. The third kappa shape index (κ3) is 5.61. The fraction of sp³-hybridized carbons (Fsp3) is 0.250. The van der Waals surface area contributed by atoms with E-state index in [-0.39, 0.29) is 19.2 Å². The first kappa shape index (κ1) is 20.9. The van der Waals surface area contributed by atoms with Crippen molar-refractivity contribution in [3.8, 4) is 17.0 Å². The van der Waals surface area contributed by atoms with E-state index in [0.29, 0.717) is 40.5 Å². The minimum Gasteiger partial charge on any atom is -0.432 e. The number of hydrogen-bond acceptors (Lipinski definition) is 8. The van der Waals surface area contributed by atoms with E-state index in [4.69, 9.17) is 14.2 Å². The zero-order chi connectivity index (χ0) is 21.3. The lowest BCUT2D eigenvalue weighted by Gasteiger charge is -2.08. The molecule has 0 spiro atoms. The molecule has 0 aliphatic heterocycles. The number of urea groups is 1. The maximum absolute atomic E-state index is 11.7. The van der Waals surface area contributed by atoms with Crippen LogP contribution in [0.3, 0.4) is 0 Å². The standard InChI is InChI=1S/C20H21N5O5/c1-3-21-19(26)25-17-8-7-15-18(24-17)23-16(12-22-15)13-5-4-6-14(11-13)30-20(27)29-10-9-28-2/h4-8,11-12H,3,9-10H2,1-2H3,(H2,21,23,24,25,26). The molecule has 3 aromatic rings. The van der Waals surface area contributed by atoms with E-state index in [0.717, 1.165) is 0 Å². The SMILES string of the molecule is CCNC(=O)Nc1ccc2ncc(-c3cccc(OC(=O)OCCOC)c3)nc2n1. The van der Waals surface area contributed by atoms with E-state index < -0.39 is 6.16 Å². The van der Waals surface area contributed by atoms with Crippen LogP contribution in [0.1, 0.15) is 6.92 Å². The van der Waals surface area contributed by atoms with E-state index in [9.17, 15) is 9.59 Å². The summed E-state index contributed by atoms with van der Waals surface area (Å²) in [5.74, 6) is 0.659. The van der Waals surface area contributed by atoms with Gasteiger partial charge >= 0.3 is 12.2 Å². The van der Waals surface area contributed by atoms with Crippen molar-refractivity contribution in [2.75, 3.05) is 32.2 Å². The van der Waals surface area contributed by atoms with Crippen molar-refractivity contribution in [3.05, 3.63) is 42.6 Å². The number of methoxy groups -OCH3 is 1. The van der Waals surface area contributed by atoms with Gasteiger partial charge in [0.05, 0.1) is 18.5 Å². The molecule has 30 heavy (non-hydrogen) atoms. The highest BCUT2D eigenvalue weighted by atomic mass is 16.7. The Kier molecular flexibility index (Phi) is 7.06. The number of aromatic nitrogens is 3. The number of nitrogens with one attached hydrogen (secondary N) is 2. The zero-order valence-electron chi connectivity index (χ0n) is 16.5. The Morgan fingerprint density at radius 3 is 2.77 bits per heavy atom. The van der Waals surface area contributed by atoms with Gasteiger partial charge in [0, 0.05) is 19.2 Å². The molecule has 0 fully saturated rings. The number of fused-ring (bicyclic) bond motifs is 1. The molecule has 0 atom stereocenters. The number of rotatable bonds is 7. The second-order valence-corrected chi connectivity index (χ2v) is 6.00. The molecule has 2 heterocycles. The fourth-order valence-corrected chi connectivity index (χ4v) is 2.48. The number of hydrogen-bond donors (Lipinski definition) is 2. The summed E-state index contributed by atoms with van der Waals surface area (Å²) in [6.07, 6.45) is 0.772. The lowest BCUT2D eigenvalue weighted by Crippen LogP contribution is -2.28.